The number of hydrogen-bond donors (Lipinski definition) is 2. The maximum atomic E-state index is 6.17. The van der Waals surface area contributed by atoms with Gasteiger partial charge in [-0.05, 0) is 33.8 Å². The standard InChI is InChI=1S/C15H24BN3O2/c1-14(2)15(3,4)21-16(20-14)11-6-5-7-19-13(11)12-10-17-8-9-18-12/h5-7,12,17-18H,8-10H2,1-4H3. The number of rotatable bonds is 2. The molecule has 1 aromatic rings. The summed E-state index contributed by atoms with van der Waals surface area (Å²) in [6.07, 6.45) is 1.83. The summed E-state index contributed by atoms with van der Waals surface area (Å²) < 4.78 is 12.3. The van der Waals surface area contributed by atoms with Crippen molar-refractivity contribution in [2.45, 2.75) is 44.9 Å². The Morgan fingerprint density at radius 3 is 2.52 bits per heavy atom. The SMILES string of the molecule is CC1(C)OB(c2cccnc2C2CNCCN2)OC1(C)C. The van der Waals surface area contributed by atoms with Crippen molar-refractivity contribution >= 4 is 12.6 Å². The zero-order chi connectivity index (χ0) is 15.1. The summed E-state index contributed by atoms with van der Waals surface area (Å²) >= 11 is 0. The van der Waals surface area contributed by atoms with Gasteiger partial charge in [0.1, 0.15) is 0 Å². The number of piperazine rings is 1. The van der Waals surface area contributed by atoms with Crippen molar-refractivity contribution in [1.29, 1.82) is 0 Å². The minimum absolute atomic E-state index is 0.203. The molecule has 3 heterocycles. The molecule has 3 rings (SSSR count). The van der Waals surface area contributed by atoms with Crippen LogP contribution in [0.1, 0.15) is 39.4 Å². The second kappa shape index (κ2) is 5.36. The van der Waals surface area contributed by atoms with Crippen LogP contribution in [0.5, 0.6) is 0 Å². The molecule has 114 valence electrons. The zero-order valence-electron chi connectivity index (χ0n) is 13.3. The van der Waals surface area contributed by atoms with E-state index >= 15 is 0 Å². The fourth-order valence-electron chi connectivity index (χ4n) is 2.74. The fraction of sp³-hybridized carbons (Fsp3) is 0.667. The molecular weight excluding hydrogens is 265 g/mol. The van der Waals surface area contributed by atoms with E-state index in [1.165, 1.54) is 0 Å². The van der Waals surface area contributed by atoms with E-state index in [0.717, 1.165) is 30.8 Å². The van der Waals surface area contributed by atoms with Gasteiger partial charge in [0.2, 0.25) is 0 Å². The molecule has 2 saturated heterocycles. The van der Waals surface area contributed by atoms with Crippen LogP contribution in [0.3, 0.4) is 0 Å². The van der Waals surface area contributed by atoms with Crippen LogP contribution in [0.25, 0.3) is 0 Å². The Morgan fingerprint density at radius 2 is 1.90 bits per heavy atom. The summed E-state index contributed by atoms with van der Waals surface area (Å²) in [5.41, 5.74) is 1.38. The van der Waals surface area contributed by atoms with Crippen molar-refractivity contribution in [3.63, 3.8) is 0 Å². The van der Waals surface area contributed by atoms with Gasteiger partial charge in [-0.2, -0.15) is 0 Å². The van der Waals surface area contributed by atoms with Crippen LogP contribution in [0.2, 0.25) is 0 Å². The highest BCUT2D eigenvalue weighted by molar-refractivity contribution is 6.62. The van der Waals surface area contributed by atoms with Crippen LogP contribution in [0.4, 0.5) is 0 Å². The highest BCUT2D eigenvalue weighted by atomic mass is 16.7. The molecule has 0 saturated carbocycles. The van der Waals surface area contributed by atoms with Gasteiger partial charge in [0, 0.05) is 31.3 Å². The summed E-state index contributed by atoms with van der Waals surface area (Å²) in [6, 6.07) is 4.20. The molecule has 0 radical (unpaired) electrons. The topological polar surface area (TPSA) is 55.4 Å². The van der Waals surface area contributed by atoms with Gasteiger partial charge in [-0.3, -0.25) is 4.98 Å². The van der Waals surface area contributed by atoms with Crippen molar-refractivity contribution in [1.82, 2.24) is 15.6 Å². The summed E-state index contributed by atoms with van der Waals surface area (Å²) in [5.74, 6) is 0. The van der Waals surface area contributed by atoms with Gasteiger partial charge in [0.15, 0.2) is 0 Å². The number of nitrogens with one attached hydrogen (secondary N) is 2. The smallest absolute Gasteiger partial charge is 0.399 e. The fourth-order valence-corrected chi connectivity index (χ4v) is 2.74. The van der Waals surface area contributed by atoms with Crippen molar-refractivity contribution in [2.24, 2.45) is 0 Å². The van der Waals surface area contributed by atoms with Crippen LogP contribution in [0, 0.1) is 0 Å². The molecule has 6 heteroatoms. The molecular formula is C15H24BN3O2. The molecule has 21 heavy (non-hydrogen) atoms. The lowest BCUT2D eigenvalue weighted by atomic mass is 9.76. The highest BCUT2D eigenvalue weighted by Crippen LogP contribution is 2.36. The molecule has 0 amide bonds. The zero-order valence-corrected chi connectivity index (χ0v) is 13.3. The highest BCUT2D eigenvalue weighted by Gasteiger charge is 2.52. The van der Waals surface area contributed by atoms with E-state index < -0.39 is 0 Å². The van der Waals surface area contributed by atoms with Crippen LogP contribution in [-0.2, 0) is 9.31 Å². The van der Waals surface area contributed by atoms with Gasteiger partial charge in [0.05, 0.1) is 22.9 Å². The van der Waals surface area contributed by atoms with Crippen LogP contribution in [0.15, 0.2) is 18.3 Å². The molecule has 0 spiro atoms. The lowest BCUT2D eigenvalue weighted by Gasteiger charge is -2.32. The average Bonchev–Trinajstić information content (AvgIpc) is 2.68. The largest absolute Gasteiger partial charge is 0.496 e. The molecule has 0 aliphatic carbocycles. The van der Waals surface area contributed by atoms with Gasteiger partial charge in [-0.1, -0.05) is 6.07 Å². The van der Waals surface area contributed by atoms with Gasteiger partial charge in [0.25, 0.3) is 0 Å². The lowest BCUT2D eigenvalue weighted by Crippen LogP contribution is -2.47. The molecule has 2 aliphatic rings. The third kappa shape index (κ3) is 2.73. The maximum Gasteiger partial charge on any atom is 0.496 e. The molecule has 2 N–H and O–H groups in total. The Kier molecular flexibility index (Phi) is 3.82. The van der Waals surface area contributed by atoms with E-state index in [2.05, 4.69) is 49.4 Å². The Bertz CT molecular complexity index is 499. The first-order valence-electron chi connectivity index (χ1n) is 7.65. The maximum absolute atomic E-state index is 6.17. The molecule has 2 aliphatic heterocycles. The molecule has 1 aromatic heterocycles. The normalized spacial score (nSPS) is 27.8. The van der Waals surface area contributed by atoms with Gasteiger partial charge < -0.3 is 19.9 Å². The number of aromatic nitrogens is 1. The third-order valence-electron chi connectivity index (χ3n) is 4.75. The first-order chi connectivity index (χ1) is 9.91. The first-order valence-corrected chi connectivity index (χ1v) is 7.65. The second-order valence-corrected chi connectivity index (χ2v) is 6.78. The summed E-state index contributed by atoms with van der Waals surface area (Å²) in [4.78, 5) is 4.58. The van der Waals surface area contributed by atoms with E-state index in [4.69, 9.17) is 9.31 Å². The van der Waals surface area contributed by atoms with E-state index in [9.17, 15) is 0 Å². The first kappa shape index (κ1) is 15.0. The van der Waals surface area contributed by atoms with Crippen LogP contribution < -0.4 is 16.1 Å². The van der Waals surface area contributed by atoms with E-state index in [1.54, 1.807) is 0 Å². The summed E-state index contributed by atoms with van der Waals surface area (Å²) in [7, 11) is -0.359. The summed E-state index contributed by atoms with van der Waals surface area (Å²) in [5, 5.41) is 6.90. The second-order valence-electron chi connectivity index (χ2n) is 6.78. The number of hydrogen-bond acceptors (Lipinski definition) is 5. The number of nitrogens with zero attached hydrogens (tertiary/aromatic N) is 1. The van der Waals surface area contributed by atoms with Crippen LogP contribution >= 0.6 is 0 Å². The van der Waals surface area contributed by atoms with Gasteiger partial charge >= 0.3 is 7.12 Å². The predicted molar refractivity (Wildman–Crippen MR) is 83.6 cm³/mol. The molecule has 1 unspecified atom stereocenters. The van der Waals surface area contributed by atoms with Crippen LogP contribution in [-0.4, -0.2) is 42.9 Å². The molecule has 1 atom stereocenters. The van der Waals surface area contributed by atoms with Crippen molar-refractivity contribution in [2.75, 3.05) is 19.6 Å². The van der Waals surface area contributed by atoms with E-state index in [1.807, 2.05) is 12.3 Å². The lowest BCUT2D eigenvalue weighted by molar-refractivity contribution is 0.00578. The van der Waals surface area contributed by atoms with Gasteiger partial charge in [-0.25, -0.2) is 0 Å². The third-order valence-corrected chi connectivity index (χ3v) is 4.75. The minimum Gasteiger partial charge on any atom is -0.399 e. The van der Waals surface area contributed by atoms with Gasteiger partial charge in [-0.15, -0.1) is 0 Å². The predicted octanol–water partition coefficient (Wildman–Crippen LogP) is 0.615. The number of pyridine rings is 1. The average molecular weight is 289 g/mol. The van der Waals surface area contributed by atoms with E-state index in [-0.39, 0.29) is 24.4 Å². The van der Waals surface area contributed by atoms with Crippen molar-refractivity contribution < 1.29 is 9.31 Å². The quantitative estimate of drug-likeness (QED) is 0.782. The minimum atomic E-state index is -0.359. The molecule has 5 nitrogen and oxygen atoms in total. The van der Waals surface area contributed by atoms with Crippen molar-refractivity contribution in [3.05, 3.63) is 24.0 Å². The molecule has 2 fully saturated rings. The Morgan fingerprint density at radius 1 is 1.19 bits per heavy atom. The monoisotopic (exact) mass is 289 g/mol. The van der Waals surface area contributed by atoms with Crippen molar-refractivity contribution in [3.8, 4) is 0 Å². The Balaban J connectivity index is 1.89. The summed E-state index contributed by atoms with van der Waals surface area (Å²) in [6.45, 7) is 11.1. The Hall–Kier alpha value is -0.945. The molecule has 0 aromatic carbocycles. The Labute approximate surface area is 127 Å². The van der Waals surface area contributed by atoms with E-state index in [0.29, 0.717) is 0 Å². The molecule has 0 bridgehead atoms.